The first-order chi connectivity index (χ1) is 32.3. The van der Waals surface area contributed by atoms with E-state index < -0.39 is 17.7 Å². The summed E-state index contributed by atoms with van der Waals surface area (Å²) in [5.41, 5.74) is 8.20. The molecular weight excluding hydrogens is 830 g/mol. The molecule has 1 aliphatic rings. The molecule has 13 rings (SSSR count). The van der Waals surface area contributed by atoms with E-state index >= 15 is 0 Å². The van der Waals surface area contributed by atoms with Crippen LogP contribution in [-0.4, -0.2) is 9.13 Å². The van der Waals surface area contributed by atoms with Crippen molar-refractivity contribution in [2.75, 3.05) is 0 Å². The highest BCUT2D eigenvalue weighted by molar-refractivity contribution is 6.26. The number of para-hydroxylation sites is 3. The highest BCUT2D eigenvalue weighted by Gasteiger charge is 2.35. The summed E-state index contributed by atoms with van der Waals surface area (Å²) in [6.07, 6.45) is -0.650. The molecule has 310 valence electrons. The van der Waals surface area contributed by atoms with Crippen LogP contribution in [0.25, 0.3) is 116 Å². The van der Waals surface area contributed by atoms with Crippen LogP contribution in [0.4, 0.5) is 13.2 Å². The zero-order valence-corrected chi connectivity index (χ0v) is 34.5. The summed E-state index contributed by atoms with van der Waals surface area (Å²) in [7, 11) is 0. The first-order valence-electron chi connectivity index (χ1n) is 21.4. The third-order valence-corrected chi connectivity index (χ3v) is 13.2. The maximum absolute atomic E-state index is 15.0. The lowest BCUT2D eigenvalue weighted by atomic mass is 9.86. The van der Waals surface area contributed by atoms with Crippen molar-refractivity contribution >= 4 is 98.8 Å². The number of benzene rings is 7. The topological polar surface area (TPSA) is 83.7 Å². The Morgan fingerprint density at radius 1 is 0.621 bits per heavy atom. The van der Waals surface area contributed by atoms with Gasteiger partial charge in [-0.1, -0.05) is 78.9 Å². The molecule has 0 bridgehead atoms. The maximum atomic E-state index is 15.0. The summed E-state index contributed by atoms with van der Waals surface area (Å²) < 4.78 is 62.4. The number of nitrogens with zero attached hydrogens (tertiary/aromatic N) is 4. The van der Waals surface area contributed by atoms with Crippen molar-refractivity contribution in [2.45, 2.75) is 12.6 Å². The highest BCUT2D eigenvalue weighted by Crippen LogP contribution is 2.48. The van der Waals surface area contributed by atoms with Gasteiger partial charge in [-0.2, -0.15) is 23.7 Å². The van der Waals surface area contributed by atoms with Gasteiger partial charge >= 0.3 is 6.18 Å². The van der Waals surface area contributed by atoms with Crippen LogP contribution in [-0.2, 0) is 6.18 Å². The highest BCUT2D eigenvalue weighted by atomic mass is 19.4. The van der Waals surface area contributed by atoms with Gasteiger partial charge in [0.1, 0.15) is 27.8 Å². The molecule has 6 nitrogen and oxygen atoms in total. The van der Waals surface area contributed by atoms with Crippen LogP contribution in [0.2, 0.25) is 0 Å². The molecule has 1 atom stereocenters. The van der Waals surface area contributed by atoms with E-state index in [0.717, 1.165) is 93.7 Å². The van der Waals surface area contributed by atoms with Crippen LogP contribution in [0.5, 0.6) is 0 Å². The number of rotatable bonds is 4. The number of hydrogen-bond donors (Lipinski definition) is 0. The largest absolute Gasteiger partial charge is 0.455 e. The smallest absolute Gasteiger partial charge is 0.417 e. The van der Waals surface area contributed by atoms with Crippen LogP contribution >= 0.6 is 0 Å². The zero-order valence-electron chi connectivity index (χ0n) is 34.5. The van der Waals surface area contributed by atoms with Gasteiger partial charge in [0.2, 0.25) is 0 Å². The minimum atomic E-state index is -4.76. The average Bonchev–Trinajstić information content (AvgIpc) is 4.11. The number of furan rings is 2. The van der Waals surface area contributed by atoms with Crippen LogP contribution < -0.4 is 0 Å². The molecule has 4 aromatic heterocycles. The van der Waals surface area contributed by atoms with E-state index in [1.54, 1.807) is 12.1 Å². The predicted octanol–water partition coefficient (Wildman–Crippen LogP) is 15.3. The van der Waals surface area contributed by atoms with Gasteiger partial charge in [-0.3, -0.25) is 0 Å². The second-order valence-corrected chi connectivity index (χ2v) is 16.7. The Bertz CT molecular complexity index is 4240. The number of halogens is 3. The summed E-state index contributed by atoms with van der Waals surface area (Å²) in [6, 6.07) is 55.9. The van der Waals surface area contributed by atoms with Crippen LogP contribution in [0.15, 0.2) is 167 Å². The van der Waals surface area contributed by atoms with Gasteiger partial charge in [-0.05, 0) is 114 Å². The summed E-state index contributed by atoms with van der Waals surface area (Å²) in [5.74, 6) is -0.552. The zero-order chi connectivity index (χ0) is 44.4. The minimum absolute atomic E-state index is 0.0742. The SMILES string of the molecule is N#Cc1ccc(-c2ccc(-n3c4c#cccc4c4c5oc6ccccc6c5ccc43)c(C3=C(n4c5ccccc5c5c6oc7ccccc7c6ccc54)C=CC(C#N)C3)c2)c(C(F)(F)F)c1. The van der Waals surface area contributed by atoms with E-state index in [9.17, 15) is 23.7 Å². The van der Waals surface area contributed by atoms with Gasteiger partial charge in [0, 0.05) is 43.6 Å². The molecule has 0 aliphatic heterocycles. The van der Waals surface area contributed by atoms with Gasteiger partial charge < -0.3 is 18.0 Å². The molecule has 1 aliphatic carbocycles. The number of hydrogen-bond acceptors (Lipinski definition) is 4. The van der Waals surface area contributed by atoms with E-state index in [0.29, 0.717) is 27.9 Å². The lowest BCUT2D eigenvalue weighted by Gasteiger charge is -2.25. The van der Waals surface area contributed by atoms with Gasteiger partial charge in [-0.15, -0.1) is 0 Å². The van der Waals surface area contributed by atoms with E-state index in [-0.39, 0.29) is 17.5 Å². The maximum Gasteiger partial charge on any atom is 0.417 e. The van der Waals surface area contributed by atoms with E-state index in [4.69, 9.17) is 8.83 Å². The molecule has 0 saturated carbocycles. The Kier molecular flexibility index (Phi) is 7.84. The number of nitriles is 2. The number of aromatic nitrogens is 2. The van der Waals surface area contributed by atoms with Gasteiger partial charge in [0.15, 0.2) is 0 Å². The third-order valence-electron chi connectivity index (χ3n) is 13.2. The average molecular weight is 859 g/mol. The van der Waals surface area contributed by atoms with Crippen molar-refractivity contribution in [1.29, 1.82) is 10.5 Å². The Labute approximate surface area is 373 Å². The second kappa shape index (κ2) is 13.8. The summed E-state index contributed by atoms with van der Waals surface area (Å²) in [5, 5.41) is 27.8. The van der Waals surface area contributed by atoms with Crippen molar-refractivity contribution in [1.82, 2.24) is 9.13 Å². The van der Waals surface area contributed by atoms with Crippen LogP contribution in [0.1, 0.15) is 23.1 Å². The molecular formula is C57H29F3N4O2. The van der Waals surface area contributed by atoms with Crippen LogP contribution in [0.3, 0.4) is 0 Å². The van der Waals surface area contributed by atoms with E-state index in [2.05, 4.69) is 51.6 Å². The van der Waals surface area contributed by atoms with Crippen molar-refractivity contribution in [3.8, 4) is 29.0 Å². The fourth-order valence-electron chi connectivity index (χ4n) is 10.3. The van der Waals surface area contributed by atoms with Gasteiger partial charge in [0.05, 0.1) is 62.2 Å². The molecule has 0 saturated heterocycles. The number of allylic oxidation sites excluding steroid dienone is 4. The molecule has 66 heavy (non-hydrogen) atoms. The first kappa shape index (κ1) is 37.6. The van der Waals surface area contributed by atoms with Gasteiger partial charge in [-0.25, -0.2) is 0 Å². The molecule has 8 aromatic carbocycles. The van der Waals surface area contributed by atoms with Crippen LogP contribution in [0, 0.1) is 40.7 Å². The quantitative estimate of drug-likeness (QED) is 0.176. The number of fused-ring (bicyclic) bond motifs is 14. The minimum Gasteiger partial charge on any atom is -0.455 e. The van der Waals surface area contributed by atoms with Crippen molar-refractivity contribution in [3.63, 3.8) is 0 Å². The van der Waals surface area contributed by atoms with E-state index in [1.165, 1.54) is 12.1 Å². The summed E-state index contributed by atoms with van der Waals surface area (Å²) in [6.45, 7) is 0. The normalized spacial score (nSPS) is 14.4. The fourth-order valence-corrected chi connectivity index (χ4v) is 10.3. The molecule has 12 aromatic rings. The van der Waals surface area contributed by atoms with Gasteiger partial charge in [0.25, 0.3) is 0 Å². The molecule has 0 radical (unpaired) electrons. The predicted molar refractivity (Wildman–Crippen MR) is 254 cm³/mol. The Hall–Kier alpha value is -8.97. The molecule has 0 fully saturated rings. The Balaban J connectivity index is 1.17. The summed E-state index contributed by atoms with van der Waals surface area (Å²) in [4.78, 5) is 0. The van der Waals surface area contributed by atoms with E-state index in [1.807, 2.05) is 109 Å². The molecule has 1 unspecified atom stereocenters. The van der Waals surface area contributed by atoms with Crippen molar-refractivity contribution < 1.29 is 22.0 Å². The molecule has 4 heterocycles. The Morgan fingerprint density at radius 2 is 1.29 bits per heavy atom. The number of alkyl halides is 3. The molecule has 9 heteroatoms. The van der Waals surface area contributed by atoms with Crippen molar-refractivity contribution in [3.05, 3.63) is 187 Å². The van der Waals surface area contributed by atoms with Crippen molar-refractivity contribution in [2.24, 2.45) is 5.92 Å². The lowest BCUT2D eigenvalue weighted by molar-refractivity contribution is -0.137. The molecule has 0 spiro atoms. The second-order valence-electron chi connectivity index (χ2n) is 16.7. The molecule has 0 amide bonds. The summed E-state index contributed by atoms with van der Waals surface area (Å²) >= 11 is 0. The standard InChI is InChI=1S/C57H29F3N4O2/c58-57(59,60)44-28-33(31-62)17-20-35(44)34-19-24-48(64-46-14-6-2-12-41(46)54-50(64)26-22-39-37-10-4-8-16-52(37)66-56(39)54)43(29-34)42-27-32(30-61)18-23-47(42)63-45-13-5-1-11-40(45)53-49(63)25-21-38-36-9-3-7-15-51(36)65-55(38)53/h1-5,7-13,15-26,28-29,32H,27H2. The Morgan fingerprint density at radius 3 is 1.98 bits per heavy atom. The molecule has 0 N–H and O–H groups in total. The third kappa shape index (κ3) is 5.30. The lowest BCUT2D eigenvalue weighted by Crippen LogP contribution is -2.11. The monoisotopic (exact) mass is 858 g/mol. The fraction of sp³-hybridized carbons (Fsp3) is 0.0526. The first-order valence-corrected chi connectivity index (χ1v) is 21.4.